The maximum Gasteiger partial charge on any atom is 0.244 e. The van der Waals surface area contributed by atoms with Gasteiger partial charge in [0.15, 0.2) is 0 Å². The van der Waals surface area contributed by atoms with Crippen LogP contribution in [0.2, 0.25) is 5.02 Å². The first-order valence-corrected chi connectivity index (χ1v) is 10.3. The summed E-state index contributed by atoms with van der Waals surface area (Å²) in [5, 5.41) is 3.19. The van der Waals surface area contributed by atoms with E-state index in [0.29, 0.717) is 35.8 Å². The Hall–Kier alpha value is -2.16. The normalized spacial score (nSPS) is 18.1. The van der Waals surface area contributed by atoms with Crippen molar-refractivity contribution in [1.29, 1.82) is 0 Å². The number of amides is 1. The number of carbonyl (C=O) groups is 1. The monoisotopic (exact) mass is 409 g/mol. The number of pyridine rings is 1. The molecule has 1 aromatic heterocycles. The molecule has 0 aliphatic carbocycles. The molecule has 1 saturated heterocycles. The minimum Gasteiger partial charge on any atom is -0.495 e. The molecule has 144 valence electrons. The van der Waals surface area contributed by atoms with E-state index in [1.54, 1.807) is 24.3 Å². The fourth-order valence-electron chi connectivity index (χ4n) is 3.01. The lowest BCUT2D eigenvalue weighted by Gasteiger charge is -2.31. The van der Waals surface area contributed by atoms with Crippen molar-refractivity contribution < 1.29 is 17.9 Å². The third kappa shape index (κ3) is 4.40. The van der Waals surface area contributed by atoms with Gasteiger partial charge >= 0.3 is 0 Å². The number of methoxy groups -OCH3 is 1. The zero-order chi connectivity index (χ0) is 19.4. The van der Waals surface area contributed by atoms with Crippen molar-refractivity contribution in [2.24, 2.45) is 5.92 Å². The minimum absolute atomic E-state index is 0.132. The number of halogens is 1. The maximum atomic E-state index is 12.8. The van der Waals surface area contributed by atoms with Crippen LogP contribution in [0.25, 0.3) is 0 Å². The summed E-state index contributed by atoms with van der Waals surface area (Å²) in [5.74, 6) is -0.158. The summed E-state index contributed by atoms with van der Waals surface area (Å²) < 4.78 is 31.9. The Morgan fingerprint density at radius 2 is 2.19 bits per heavy atom. The predicted molar refractivity (Wildman–Crippen MR) is 102 cm³/mol. The number of carbonyl (C=O) groups excluding carboxylic acids is 1. The number of nitrogens with one attached hydrogen (secondary N) is 1. The largest absolute Gasteiger partial charge is 0.495 e. The number of anilines is 1. The van der Waals surface area contributed by atoms with Gasteiger partial charge in [-0.3, -0.25) is 9.78 Å². The number of aromatic nitrogens is 1. The SMILES string of the molecule is COc1ccc(NC(=O)C2CCCN(S(=O)(=O)c3cccnc3)C2)cc1Cl. The van der Waals surface area contributed by atoms with Crippen molar-refractivity contribution in [3.8, 4) is 5.75 Å². The average Bonchev–Trinajstić information content (AvgIpc) is 2.69. The lowest BCUT2D eigenvalue weighted by Crippen LogP contribution is -2.43. The first-order chi connectivity index (χ1) is 12.9. The van der Waals surface area contributed by atoms with Crippen LogP contribution >= 0.6 is 11.6 Å². The molecule has 1 aromatic carbocycles. The minimum atomic E-state index is -3.66. The number of rotatable bonds is 5. The summed E-state index contributed by atoms with van der Waals surface area (Å²) >= 11 is 6.08. The van der Waals surface area contributed by atoms with Gasteiger partial charge in [0, 0.05) is 31.2 Å². The van der Waals surface area contributed by atoms with Crippen LogP contribution in [0, 0.1) is 5.92 Å². The molecule has 2 aromatic rings. The molecule has 1 unspecified atom stereocenters. The molecule has 1 atom stereocenters. The lowest BCUT2D eigenvalue weighted by atomic mass is 9.98. The van der Waals surface area contributed by atoms with E-state index < -0.39 is 15.9 Å². The van der Waals surface area contributed by atoms with Gasteiger partial charge in [0.25, 0.3) is 0 Å². The van der Waals surface area contributed by atoms with E-state index in [1.807, 2.05) is 0 Å². The van der Waals surface area contributed by atoms with Gasteiger partial charge < -0.3 is 10.1 Å². The van der Waals surface area contributed by atoms with Gasteiger partial charge in [-0.2, -0.15) is 4.31 Å². The van der Waals surface area contributed by atoms with Gasteiger partial charge in [-0.15, -0.1) is 0 Å². The van der Waals surface area contributed by atoms with Crippen LogP contribution in [0.15, 0.2) is 47.6 Å². The zero-order valence-electron chi connectivity index (χ0n) is 14.8. The van der Waals surface area contributed by atoms with Crippen molar-refractivity contribution in [1.82, 2.24) is 9.29 Å². The summed E-state index contributed by atoms with van der Waals surface area (Å²) in [6, 6.07) is 8.04. The fraction of sp³-hybridized carbons (Fsp3) is 0.333. The van der Waals surface area contributed by atoms with E-state index in [9.17, 15) is 13.2 Å². The molecule has 1 N–H and O–H groups in total. The third-order valence-corrected chi connectivity index (χ3v) is 6.59. The highest BCUT2D eigenvalue weighted by molar-refractivity contribution is 7.89. The maximum absolute atomic E-state index is 12.8. The molecule has 0 spiro atoms. The second-order valence-electron chi connectivity index (χ2n) is 6.23. The lowest BCUT2D eigenvalue weighted by molar-refractivity contribution is -0.120. The van der Waals surface area contributed by atoms with Gasteiger partial charge in [-0.05, 0) is 43.2 Å². The predicted octanol–water partition coefficient (Wildman–Crippen LogP) is 2.78. The Labute approximate surface area is 163 Å². The molecule has 3 rings (SSSR count). The second kappa shape index (κ2) is 8.24. The Morgan fingerprint density at radius 3 is 2.85 bits per heavy atom. The molecule has 1 aliphatic heterocycles. The van der Waals surface area contributed by atoms with Crippen LogP contribution in [0.5, 0.6) is 5.75 Å². The van der Waals surface area contributed by atoms with E-state index >= 15 is 0 Å². The quantitative estimate of drug-likeness (QED) is 0.820. The van der Waals surface area contributed by atoms with Crippen molar-refractivity contribution in [2.75, 3.05) is 25.5 Å². The highest BCUT2D eigenvalue weighted by Crippen LogP contribution is 2.28. The molecule has 2 heterocycles. The van der Waals surface area contributed by atoms with Crippen molar-refractivity contribution in [3.63, 3.8) is 0 Å². The highest BCUT2D eigenvalue weighted by atomic mass is 35.5. The van der Waals surface area contributed by atoms with E-state index in [-0.39, 0.29) is 17.3 Å². The van der Waals surface area contributed by atoms with Crippen molar-refractivity contribution in [2.45, 2.75) is 17.7 Å². The van der Waals surface area contributed by atoms with Crippen molar-refractivity contribution >= 4 is 33.2 Å². The number of benzene rings is 1. The van der Waals surface area contributed by atoms with E-state index in [4.69, 9.17) is 16.3 Å². The molecule has 1 amide bonds. The molecular formula is C18H20ClN3O4S. The van der Waals surface area contributed by atoms with Gasteiger partial charge in [-0.1, -0.05) is 11.6 Å². The van der Waals surface area contributed by atoms with Crippen LogP contribution in [0.3, 0.4) is 0 Å². The van der Waals surface area contributed by atoms with Gasteiger partial charge in [0.2, 0.25) is 15.9 Å². The summed E-state index contributed by atoms with van der Waals surface area (Å²) in [6.07, 6.45) is 4.07. The molecule has 1 aliphatic rings. The topological polar surface area (TPSA) is 88.6 Å². The molecular weight excluding hydrogens is 390 g/mol. The molecule has 0 saturated carbocycles. The van der Waals surface area contributed by atoms with Crippen molar-refractivity contribution in [3.05, 3.63) is 47.7 Å². The third-order valence-electron chi connectivity index (χ3n) is 4.45. The van der Waals surface area contributed by atoms with E-state index in [0.717, 1.165) is 0 Å². The Balaban J connectivity index is 1.70. The number of piperidine rings is 1. The van der Waals surface area contributed by atoms with Gasteiger partial charge in [0.05, 0.1) is 18.1 Å². The van der Waals surface area contributed by atoms with Crippen LogP contribution in [0.1, 0.15) is 12.8 Å². The molecule has 0 bridgehead atoms. The standard InChI is InChI=1S/C18H20ClN3O4S/c1-26-17-7-6-14(10-16(17)19)21-18(23)13-4-3-9-22(12-13)27(24,25)15-5-2-8-20-11-15/h2,5-8,10-11,13H,3-4,9,12H2,1H3,(H,21,23). The Kier molecular flexibility index (Phi) is 5.98. The first kappa shape index (κ1) is 19.6. The molecule has 0 radical (unpaired) electrons. The van der Waals surface area contributed by atoms with Crippen LogP contribution in [-0.4, -0.2) is 43.8 Å². The Morgan fingerprint density at radius 1 is 1.37 bits per heavy atom. The number of hydrogen-bond donors (Lipinski definition) is 1. The van der Waals surface area contributed by atoms with E-state index in [2.05, 4.69) is 10.3 Å². The molecule has 27 heavy (non-hydrogen) atoms. The summed E-state index contributed by atoms with van der Waals surface area (Å²) in [6.45, 7) is 0.516. The highest BCUT2D eigenvalue weighted by Gasteiger charge is 2.33. The summed E-state index contributed by atoms with van der Waals surface area (Å²) in [4.78, 5) is 16.6. The zero-order valence-corrected chi connectivity index (χ0v) is 16.3. The number of hydrogen-bond acceptors (Lipinski definition) is 5. The van der Waals surface area contributed by atoms with Gasteiger partial charge in [0.1, 0.15) is 10.6 Å². The average molecular weight is 410 g/mol. The summed E-state index contributed by atoms with van der Waals surface area (Å²) in [7, 11) is -2.15. The fourth-order valence-corrected chi connectivity index (χ4v) is 4.76. The molecule has 9 heteroatoms. The van der Waals surface area contributed by atoms with Crippen LogP contribution < -0.4 is 10.1 Å². The Bertz CT molecular complexity index is 921. The first-order valence-electron chi connectivity index (χ1n) is 8.46. The number of ether oxygens (including phenoxy) is 1. The second-order valence-corrected chi connectivity index (χ2v) is 8.57. The smallest absolute Gasteiger partial charge is 0.244 e. The number of nitrogens with zero attached hydrogens (tertiary/aromatic N) is 2. The molecule has 1 fully saturated rings. The summed E-state index contributed by atoms with van der Waals surface area (Å²) in [5.41, 5.74) is 0.540. The van der Waals surface area contributed by atoms with E-state index in [1.165, 1.54) is 29.9 Å². The van der Waals surface area contributed by atoms with Crippen LogP contribution in [-0.2, 0) is 14.8 Å². The molecule has 7 nitrogen and oxygen atoms in total. The van der Waals surface area contributed by atoms with Gasteiger partial charge in [-0.25, -0.2) is 8.42 Å². The number of sulfonamides is 1. The van der Waals surface area contributed by atoms with Crippen LogP contribution in [0.4, 0.5) is 5.69 Å².